The Bertz CT molecular complexity index is 1070. The van der Waals surface area contributed by atoms with Crippen molar-refractivity contribution in [1.82, 2.24) is 15.2 Å². The Kier molecular flexibility index (Phi) is 6.35. The van der Waals surface area contributed by atoms with E-state index in [1.165, 1.54) is 0 Å². The summed E-state index contributed by atoms with van der Waals surface area (Å²) in [6.45, 7) is 4.93. The van der Waals surface area contributed by atoms with Gasteiger partial charge in [-0.3, -0.25) is 14.6 Å². The van der Waals surface area contributed by atoms with Crippen molar-refractivity contribution in [2.75, 3.05) is 13.1 Å². The van der Waals surface area contributed by atoms with Gasteiger partial charge < -0.3 is 10.2 Å². The number of hydrogen-bond donors (Lipinski definition) is 1. The maximum absolute atomic E-state index is 13.3. The zero-order valence-electron chi connectivity index (χ0n) is 18.6. The molecule has 0 spiro atoms. The van der Waals surface area contributed by atoms with E-state index in [1.807, 2.05) is 67.4 Å². The average Bonchev–Trinajstić information content (AvgIpc) is 3.25. The number of carbonyl (C=O) groups is 2. The molecule has 0 unspecified atom stereocenters. The van der Waals surface area contributed by atoms with Crippen LogP contribution < -0.4 is 5.32 Å². The summed E-state index contributed by atoms with van der Waals surface area (Å²) in [5, 5.41) is 3.10. The first kappa shape index (κ1) is 21.8. The van der Waals surface area contributed by atoms with E-state index in [4.69, 9.17) is 0 Å². The number of nitrogens with one attached hydrogen (secondary N) is 1. The first-order valence-electron chi connectivity index (χ1n) is 11.1. The molecule has 4 rings (SSSR count). The number of hydrogen-bond acceptors (Lipinski definition) is 3. The summed E-state index contributed by atoms with van der Waals surface area (Å²) < 4.78 is 0. The lowest BCUT2D eigenvalue weighted by molar-refractivity contribution is -0.130. The number of likely N-dealkylation sites (tertiary alicyclic amines) is 1. The first-order chi connectivity index (χ1) is 15.5. The molecule has 3 aromatic rings. The maximum atomic E-state index is 13.3. The van der Waals surface area contributed by atoms with Gasteiger partial charge in [-0.1, -0.05) is 48.5 Å². The van der Waals surface area contributed by atoms with Gasteiger partial charge in [-0.05, 0) is 61.6 Å². The van der Waals surface area contributed by atoms with Gasteiger partial charge in [0, 0.05) is 37.1 Å². The lowest BCUT2D eigenvalue weighted by Crippen LogP contribution is -2.47. The predicted molar refractivity (Wildman–Crippen MR) is 126 cm³/mol. The molecule has 0 saturated carbocycles. The van der Waals surface area contributed by atoms with Crippen molar-refractivity contribution >= 4 is 11.8 Å². The number of rotatable bonds is 6. The monoisotopic (exact) mass is 427 g/mol. The van der Waals surface area contributed by atoms with Crippen LogP contribution >= 0.6 is 0 Å². The summed E-state index contributed by atoms with van der Waals surface area (Å²) in [5.74, 6) is 0.00365. The van der Waals surface area contributed by atoms with Crippen LogP contribution in [0.5, 0.6) is 0 Å². The highest BCUT2D eigenvalue weighted by molar-refractivity contribution is 5.95. The molecule has 1 fully saturated rings. The molecular formula is C27H29N3O2. The van der Waals surface area contributed by atoms with Crippen LogP contribution in [0.1, 0.15) is 36.2 Å². The molecule has 32 heavy (non-hydrogen) atoms. The Balaban J connectivity index is 1.56. The maximum Gasteiger partial charge on any atom is 0.253 e. The second-order valence-corrected chi connectivity index (χ2v) is 8.87. The van der Waals surface area contributed by atoms with Crippen LogP contribution in [0.3, 0.4) is 0 Å². The third-order valence-electron chi connectivity index (χ3n) is 6.05. The van der Waals surface area contributed by atoms with Crippen molar-refractivity contribution in [1.29, 1.82) is 0 Å². The van der Waals surface area contributed by atoms with Crippen molar-refractivity contribution in [3.63, 3.8) is 0 Å². The second kappa shape index (κ2) is 9.35. The molecule has 164 valence electrons. The van der Waals surface area contributed by atoms with E-state index >= 15 is 0 Å². The molecule has 1 saturated heterocycles. The van der Waals surface area contributed by atoms with Gasteiger partial charge in [-0.25, -0.2) is 0 Å². The number of pyridine rings is 1. The largest absolute Gasteiger partial charge is 0.353 e. The molecule has 1 aromatic heterocycles. The molecule has 2 aromatic carbocycles. The molecule has 5 nitrogen and oxygen atoms in total. The lowest BCUT2D eigenvalue weighted by Gasteiger charge is -2.29. The lowest BCUT2D eigenvalue weighted by atomic mass is 9.79. The summed E-state index contributed by atoms with van der Waals surface area (Å²) in [6.07, 6.45) is 4.85. The van der Waals surface area contributed by atoms with Crippen LogP contribution in [0, 0.1) is 5.41 Å². The fourth-order valence-corrected chi connectivity index (χ4v) is 4.37. The van der Waals surface area contributed by atoms with Crippen LogP contribution in [0.25, 0.3) is 11.1 Å². The average molecular weight is 428 g/mol. The van der Waals surface area contributed by atoms with Crippen LogP contribution in [0.2, 0.25) is 0 Å². The van der Waals surface area contributed by atoms with E-state index in [2.05, 4.69) is 34.6 Å². The molecule has 1 atom stereocenters. The SMILES string of the molecule is CC(C)NC(=O)[C@@]1(Cc2ccc(-c3cccnc3)cc2)CCN(C(=O)c2ccccc2)C1. The quantitative estimate of drug-likeness (QED) is 0.636. The molecule has 2 amide bonds. The Labute approximate surface area is 189 Å². The Morgan fingerprint density at radius 3 is 2.41 bits per heavy atom. The van der Waals surface area contributed by atoms with Crippen LogP contribution in [0.4, 0.5) is 0 Å². The summed E-state index contributed by atoms with van der Waals surface area (Å²) in [5.41, 5.74) is 3.27. The van der Waals surface area contributed by atoms with Gasteiger partial charge in [0.15, 0.2) is 0 Å². The van der Waals surface area contributed by atoms with Crippen molar-refractivity contribution < 1.29 is 9.59 Å². The predicted octanol–water partition coefficient (Wildman–Crippen LogP) is 4.35. The second-order valence-electron chi connectivity index (χ2n) is 8.87. The van der Waals surface area contributed by atoms with Gasteiger partial charge in [0.2, 0.25) is 5.91 Å². The highest BCUT2D eigenvalue weighted by Gasteiger charge is 2.46. The molecule has 1 N–H and O–H groups in total. The smallest absolute Gasteiger partial charge is 0.253 e. The molecule has 2 heterocycles. The summed E-state index contributed by atoms with van der Waals surface area (Å²) in [7, 11) is 0. The van der Waals surface area contributed by atoms with Crippen molar-refractivity contribution in [2.24, 2.45) is 5.41 Å². The molecule has 0 aliphatic carbocycles. The minimum absolute atomic E-state index is 0.0169. The number of amides is 2. The van der Waals surface area contributed by atoms with E-state index in [9.17, 15) is 9.59 Å². The van der Waals surface area contributed by atoms with E-state index in [-0.39, 0.29) is 17.9 Å². The Hall–Kier alpha value is -3.47. The fourth-order valence-electron chi connectivity index (χ4n) is 4.37. The molecule has 0 radical (unpaired) electrons. The number of benzene rings is 2. The highest BCUT2D eigenvalue weighted by Crippen LogP contribution is 2.36. The van der Waals surface area contributed by atoms with E-state index < -0.39 is 5.41 Å². The third kappa shape index (κ3) is 4.72. The first-order valence-corrected chi connectivity index (χ1v) is 11.1. The zero-order chi connectivity index (χ0) is 22.6. The van der Waals surface area contributed by atoms with Gasteiger partial charge in [0.25, 0.3) is 5.91 Å². The minimum Gasteiger partial charge on any atom is -0.353 e. The molecule has 5 heteroatoms. The zero-order valence-corrected chi connectivity index (χ0v) is 18.6. The Morgan fingerprint density at radius 1 is 1.00 bits per heavy atom. The number of aromatic nitrogens is 1. The molecule has 1 aliphatic rings. The van der Waals surface area contributed by atoms with Gasteiger partial charge >= 0.3 is 0 Å². The van der Waals surface area contributed by atoms with E-state index in [1.54, 1.807) is 6.20 Å². The fraction of sp³-hybridized carbons (Fsp3) is 0.296. The number of nitrogens with zero attached hydrogens (tertiary/aromatic N) is 2. The standard InChI is InChI=1S/C27H29N3O2/c1-20(2)29-26(32)27(14-16-30(19-27)25(31)23-7-4-3-5-8-23)17-21-10-12-22(13-11-21)24-9-6-15-28-18-24/h3-13,15,18,20H,14,16-17,19H2,1-2H3,(H,29,32)/t27-/m1/s1. The number of carbonyl (C=O) groups excluding carboxylic acids is 2. The van der Waals surface area contributed by atoms with Gasteiger partial charge in [0.05, 0.1) is 5.41 Å². The van der Waals surface area contributed by atoms with E-state index in [0.717, 1.165) is 16.7 Å². The van der Waals surface area contributed by atoms with Gasteiger partial charge in [-0.2, -0.15) is 0 Å². The van der Waals surface area contributed by atoms with Crippen molar-refractivity contribution in [3.05, 3.63) is 90.3 Å². The van der Waals surface area contributed by atoms with E-state index in [0.29, 0.717) is 31.5 Å². The molecule has 1 aliphatic heterocycles. The van der Waals surface area contributed by atoms with Gasteiger partial charge in [0.1, 0.15) is 0 Å². The summed E-state index contributed by atoms with van der Waals surface area (Å²) in [6, 6.07) is 21.6. The summed E-state index contributed by atoms with van der Waals surface area (Å²) >= 11 is 0. The minimum atomic E-state index is -0.634. The topological polar surface area (TPSA) is 62.3 Å². The van der Waals surface area contributed by atoms with Crippen LogP contribution in [0.15, 0.2) is 79.1 Å². The third-order valence-corrected chi connectivity index (χ3v) is 6.05. The van der Waals surface area contributed by atoms with Crippen molar-refractivity contribution in [3.8, 4) is 11.1 Å². The molecule has 0 bridgehead atoms. The van der Waals surface area contributed by atoms with Crippen molar-refractivity contribution in [2.45, 2.75) is 32.7 Å². The van der Waals surface area contributed by atoms with Crippen LogP contribution in [-0.2, 0) is 11.2 Å². The normalized spacial score (nSPS) is 18.0. The highest BCUT2D eigenvalue weighted by atomic mass is 16.2. The summed E-state index contributed by atoms with van der Waals surface area (Å²) in [4.78, 5) is 32.3. The Morgan fingerprint density at radius 2 is 1.75 bits per heavy atom. The molecular weight excluding hydrogens is 398 g/mol. The van der Waals surface area contributed by atoms with Gasteiger partial charge in [-0.15, -0.1) is 0 Å². The van der Waals surface area contributed by atoms with Crippen LogP contribution in [-0.4, -0.2) is 40.8 Å².